The van der Waals surface area contributed by atoms with E-state index < -0.39 is 11.6 Å². The van der Waals surface area contributed by atoms with Crippen molar-refractivity contribution in [3.05, 3.63) is 89.2 Å². The lowest BCUT2D eigenvalue weighted by molar-refractivity contribution is -0.153. The average molecular weight is 488 g/mol. The van der Waals surface area contributed by atoms with Crippen molar-refractivity contribution in [2.75, 3.05) is 0 Å². The minimum Gasteiger partial charge on any atom is -0.485 e. The summed E-state index contributed by atoms with van der Waals surface area (Å²) in [6.07, 6.45) is 0.0805. The van der Waals surface area contributed by atoms with Gasteiger partial charge in [0, 0.05) is 23.1 Å². The van der Waals surface area contributed by atoms with Gasteiger partial charge in [-0.3, -0.25) is 4.79 Å². The first-order valence-electron chi connectivity index (χ1n) is 11.6. The summed E-state index contributed by atoms with van der Waals surface area (Å²) in [6.45, 7) is 5.95. The second kappa shape index (κ2) is 10.3. The number of benzene rings is 3. The molecule has 0 radical (unpaired) electrons. The van der Waals surface area contributed by atoms with Gasteiger partial charge >= 0.3 is 11.9 Å². The Bertz CT molecular complexity index is 1410. The molecule has 0 fully saturated rings. The molecule has 0 aliphatic carbocycles. The van der Waals surface area contributed by atoms with Crippen LogP contribution in [0.4, 0.5) is 0 Å². The molecule has 1 heterocycles. The number of rotatable bonds is 8. The number of hydrogen-bond donors (Lipinski definition) is 2. The summed E-state index contributed by atoms with van der Waals surface area (Å²) in [4.78, 5) is 24.1. The van der Waals surface area contributed by atoms with Crippen LogP contribution in [0.1, 0.15) is 48.0 Å². The van der Waals surface area contributed by atoms with Crippen molar-refractivity contribution in [1.82, 2.24) is 0 Å². The molecule has 186 valence electrons. The maximum absolute atomic E-state index is 12.3. The number of carboxylic acids is 1. The largest absolute Gasteiger partial charge is 0.485 e. The lowest BCUT2D eigenvalue weighted by Gasteiger charge is -2.20. The summed E-state index contributed by atoms with van der Waals surface area (Å²) < 4.78 is 17.6. The van der Waals surface area contributed by atoms with Crippen molar-refractivity contribution in [3.8, 4) is 16.9 Å². The van der Waals surface area contributed by atoms with Crippen molar-refractivity contribution in [2.45, 2.75) is 45.9 Å². The standard InChI is InChI=1S/C29H29NO6/c1-29(2,3)36-26(31)15-20-8-4-5-10-25(20)34-17-23-13-21-12-22(28(32)33)14-24(27(21)35-23)19-9-6-7-18(11-19)16-30/h4-14H,15-17,30H2,1-3H3,(H,32,33). The van der Waals surface area contributed by atoms with E-state index >= 15 is 0 Å². The Labute approximate surface area is 209 Å². The highest BCUT2D eigenvalue weighted by atomic mass is 16.6. The van der Waals surface area contributed by atoms with Gasteiger partial charge in [-0.2, -0.15) is 0 Å². The zero-order valence-electron chi connectivity index (χ0n) is 20.5. The molecule has 36 heavy (non-hydrogen) atoms. The van der Waals surface area contributed by atoms with Gasteiger partial charge in [-0.05, 0) is 62.2 Å². The molecule has 0 amide bonds. The van der Waals surface area contributed by atoms with E-state index in [2.05, 4.69) is 0 Å². The van der Waals surface area contributed by atoms with Crippen molar-refractivity contribution in [2.24, 2.45) is 5.73 Å². The number of hydrogen-bond acceptors (Lipinski definition) is 6. The molecule has 0 spiro atoms. The van der Waals surface area contributed by atoms with Crippen molar-refractivity contribution >= 4 is 22.9 Å². The van der Waals surface area contributed by atoms with E-state index in [-0.39, 0.29) is 24.6 Å². The van der Waals surface area contributed by atoms with Crippen LogP contribution in [-0.4, -0.2) is 22.6 Å². The third-order valence-corrected chi connectivity index (χ3v) is 5.49. The first-order chi connectivity index (χ1) is 17.1. The lowest BCUT2D eigenvalue weighted by Crippen LogP contribution is -2.25. The van der Waals surface area contributed by atoms with Crippen LogP contribution in [0.5, 0.6) is 5.75 Å². The summed E-state index contributed by atoms with van der Waals surface area (Å²) >= 11 is 0. The highest BCUT2D eigenvalue weighted by molar-refractivity contribution is 6.00. The number of nitrogens with two attached hydrogens (primary N) is 1. The quantitative estimate of drug-likeness (QED) is 0.306. The van der Waals surface area contributed by atoms with Crippen LogP contribution in [0.3, 0.4) is 0 Å². The summed E-state index contributed by atoms with van der Waals surface area (Å²) in [6, 6.07) is 19.8. The van der Waals surface area contributed by atoms with Gasteiger partial charge in [0.2, 0.25) is 0 Å². The van der Waals surface area contributed by atoms with E-state index in [9.17, 15) is 14.7 Å². The summed E-state index contributed by atoms with van der Waals surface area (Å²) in [5, 5.41) is 10.3. The molecule has 3 N–H and O–H groups in total. The van der Waals surface area contributed by atoms with Crippen LogP contribution in [0.2, 0.25) is 0 Å². The fourth-order valence-corrected chi connectivity index (χ4v) is 3.95. The van der Waals surface area contributed by atoms with Crippen LogP contribution >= 0.6 is 0 Å². The third kappa shape index (κ3) is 5.93. The number of carbonyl (C=O) groups excluding carboxylic acids is 1. The van der Waals surface area contributed by atoms with Crippen LogP contribution in [0.15, 0.2) is 71.1 Å². The number of carboxylic acid groups (broad SMARTS) is 1. The van der Waals surface area contributed by atoms with E-state index in [1.54, 1.807) is 24.3 Å². The molecule has 7 nitrogen and oxygen atoms in total. The van der Waals surface area contributed by atoms with Gasteiger partial charge in [0.1, 0.15) is 29.3 Å². The molecule has 0 saturated carbocycles. The minimum absolute atomic E-state index is 0.0805. The number of fused-ring (bicyclic) bond motifs is 1. The Hall–Kier alpha value is -4.10. The molecule has 7 heteroatoms. The highest BCUT2D eigenvalue weighted by Crippen LogP contribution is 2.34. The van der Waals surface area contributed by atoms with Gasteiger partial charge < -0.3 is 24.7 Å². The normalized spacial score (nSPS) is 11.4. The fraction of sp³-hybridized carbons (Fsp3) is 0.241. The van der Waals surface area contributed by atoms with Gasteiger partial charge in [0.25, 0.3) is 0 Å². The second-order valence-electron chi connectivity index (χ2n) is 9.52. The average Bonchev–Trinajstić information content (AvgIpc) is 3.24. The van der Waals surface area contributed by atoms with E-state index in [0.29, 0.717) is 40.2 Å². The highest BCUT2D eigenvalue weighted by Gasteiger charge is 2.19. The molecule has 0 saturated heterocycles. The van der Waals surface area contributed by atoms with Gasteiger partial charge in [-0.15, -0.1) is 0 Å². The van der Waals surface area contributed by atoms with Crippen LogP contribution in [0, 0.1) is 0 Å². The van der Waals surface area contributed by atoms with Crippen molar-refractivity contribution < 1.29 is 28.6 Å². The molecule has 0 unspecified atom stereocenters. The number of esters is 1. The Morgan fingerprint density at radius 2 is 1.78 bits per heavy atom. The Balaban J connectivity index is 1.62. The number of carbonyl (C=O) groups is 2. The first kappa shape index (κ1) is 25.0. The summed E-state index contributed by atoms with van der Waals surface area (Å²) in [7, 11) is 0. The summed E-state index contributed by atoms with van der Waals surface area (Å²) in [5.41, 5.74) is 9.06. The minimum atomic E-state index is -1.02. The smallest absolute Gasteiger partial charge is 0.335 e. The van der Waals surface area contributed by atoms with Gasteiger partial charge in [-0.1, -0.05) is 36.4 Å². The molecular weight excluding hydrogens is 458 g/mol. The maximum Gasteiger partial charge on any atom is 0.335 e. The molecule has 0 bridgehead atoms. The van der Waals surface area contributed by atoms with Gasteiger partial charge in [0.05, 0.1) is 12.0 Å². The fourth-order valence-electron chi connectivity index (χ4n) is 3.95. The Morgan fingerprint density at radius 3 is 2.50 bits per heavy atom. The monoisotopic (exact) mass is 487 g/mol. The predicted molar refractivity (Wildman–Crippen MR) is 137 cm³/mol. The SMILES string of the molecule is CC(C)(C)OC(=O)Cc1ccccc1OCc1cc2cc(C(=O)O)cc(-c3cccc(CN)c3)c2o1. The van der Waals surface area contributed by atoms with Gasteiger partial charge in [0.15, 0.2) is 0 Å². The third-order valence-electron chi connectivity index (χ3n) is 5.49. The first-order valence-corrected chi connectivity index (χ1v) is 11.6. The maximum atomic E-state index is 12.3. The number of para-hydroxylation sites is 1. The molecule has 3 aromatic carbocycles. The van der Waals surface area contributed by atoms with Gasteiger partial charge in [-0.25, -0.2) is 4.79 Å². The molecule has 0 atom stereocenters. The van der Waals surface area contributed by atoms with E-state index in [0.717, 1.165) is 11.1 Å². The Kier molecular flexibility index (Phi) is 7.12. The summed E-state index contributed by atoms with van der Waals surface area (Å²) in [5.74, 6) is -0.294. The lowest BCUT2D eigenvalue weighted by atomic mass is 9.99. The number of furan rings is 1. The second-order valence-corrected chi connectivity index (χ2v) is 9.52. The van der Waals surface area contributed by atoms with Crippen molar-refractivity contribution in [1.29, 1.82) is 0 Å². The van der Waals surface area contributed by atoms with Crippen LogP contribution in [0.25, 0.3) is 22.1 Å². The zero-order valence-corrected chi connectivity index (χ0v) is 20.5. The molecule has 0 aliphatic rings. The van der Waals surface area contributed by atoms with E-state index in [1.807, 2.05) is 63.2 Å². The number of ether oxygens (including phenoxy) is 2. The van der Waals surface area contributed by atoms with E-state index in [4.69, 9.17) is 19.6 Å². The van der Waals surface area contributed by atoms with Crippen LogP contribution in [-0.2, 0) is 29.1 Å². The molecular formula is C29H29NO6. The topological polar surface area (TPSA) is 112 Å². The van der Waals surface area contributed by atoms with E-state index in [1.165, 1.54) is 0 Å². The molecule has 4 aromatic rings. The van der Waals surface area contributed by atoms with Crippen LogP contribution < -0.4 is 10.5 Å². The molecule has 0 aliphatic heterocycles. The zero-order chi connectivity index (χ0) is 25.9. The molecule has 4 rings (SSSR count). The Morgan fingerprint density at radius 1 is 1.00 bits per heavy atom. The molecule has 1 aromatic heterocycles. The van der Waals surface area contributed by atoms with Crippen molar-refractivity contribution in [3.63, 3.8) is 0 Å². The number of aromatic carboxylic acids is 1. The predicted octanol–water partition coefficient (Wildman–Crippen LogP) is 5.72.